The number of aliphatic hydroxyl groups is 3. The minimum Gasteiger partial charge on any atom is -0.472 e. The molecule has 1 spiro atoms. The van der Waals surface area contributed by atoms with E-state index in [1.807, 2.05) is 19.9 Å². The Labute approximate surface area is 250 Å². The third-order valence-electron chi connectivity index (χ3n) is 13.0. The van der Waals surface area contributed by atoms with E-state index in [1.165, 1.54) is 6.92 Å². The molecular formula is C32H42O11. The van der Waals surface area contributed by atoms with Crippen LogP contribution in [0.3, 0.4) is 0 Å². The Kier molecular flexibility index (Phi) is 6.09. The first-order valence-corrected chi connectivity index (χ1v) is 15.4. The molecule has 1 aromatic heterocycles. The van der Waals surface area contributed by atoms with Crippen LogP contribution in [0.1, 0.15) is 72.3 Å². The SMILES string of the molecule is CC(=O)O[C@@H]1C[C@H](O)[C@@]23CO[C@@H](OC(=O)C(C)C)[C@@]1(C)[C@@H]2C[C@@H](O)[C@]1(C)[C@@H]3C(=O)[C@H](O)[C@@]2(C)[C@H](c3ccoc3)C[C@H]3O[C@]321. The number of furan rings is 1. The van der Waals surface area contributed by atoms with Crippen LogP contribution in [0.5, 0.6) is 0 Å². The molecular weight excluding hydrogens is 560 g/mol. The van der Waals surface area contributed by atoms with E-state index < -0.39 is 93.4 Å². The van der Waals surface area contributed by atoms with Crippen LogP contribution in [0, 0.1) is 39.4 Å². The minimum absolute atomic E-state index is 0.0239. The molecule has 0 radical (unpaired) electrons. The summed E-state index contributed by atoms with van der Waals surface area (Å²) in [6.45, 7) is 10.0. The normalized spacial score (nSPS) is 52.9. The number of hydrogen-bond donors (Lipinski definition) is 3. The summed E-state index contributed by atoms with van der Waals surface area (Å²) in [5, 5.41) is 36.4. The molecule has 2 bridgehead atoms. The van der Waals surface area contributed by atoms with Crippen LogP contribution in [0.2, 0.25) is 0 Å². The largest absolute Gasteiger partial charge is 0.472 e. The number of ether oxygens (including phenoxy) is 4. The Hall–Kier alpha value is -2.31. The fourth-order valence-corrected chi connectivity index (χ4v) is 11.0. The lowest BCUT2D eigenvalue weighted by atomic mass is 9.33. The number of aliphatic hydroxyl groups excluding tert-OH is 3. The molecule has 3 heterocycles. The van der Waals surface area contributed by atoms with E-state index in [2.05, 4.69) is 0 Å². The van der Waals surface area contributed by atoms with Crippen molar-refractivity contribution in [3.63, 3.8) is 0 Å². The summed E-state index contributed by atoms with van der Waals surface area (Å²) in [5.74, 6) is -3.98. The second-order valence-electron chi connectivity index (χ2n) is 14.9. The van der Waals surface area contributed by atoms with Gasteiger partial charge in [0, 0.05) is 41.4 Å². The van der Waals surface area contributed by atoms with Crippen molar-refractivity contribution >= 4 is 17.7 Å². The molecule has 43 heavy (non-hydrogen) atoms. The number of esters is 2. The van der Waals surface area contributed by atoms with Gasteiger partial charge in [-0.3, -0.25) is 14.4 Å². The van der Waals surface area contributed by atoms with Crippen LogP contribution in [0.15, 0.2) is 23.0 Å². The molecule has 6 fully saturated rings. The molecule has 0 aromatic carbocycles. The maximum absolute atomic E-state index is 14.8. The topological polar surface area (TPSA) is 165 Å². The predicted molar refractivity (Wildman–Crippen MR) is 146 cm³/mol. The summed E-state index contributed by atoms with van der Waals surface area (Å²) >= 11 is 0. The molecule has 11 heteroatoms. The fourth-order valence-electron chi connectivity index (χ4n) is 11.0. The maximum atomic E-state index is 14.8. The summed E-state index contributed by atoms with van der Waals surface area (Å²) in [6, 6.07) is 1.84. The van der Waals surface area contributed by atoms with Gasteiger partial charge in [-0.2, -0.15) is 0 Å². The lowest BCUT2D eigenvalue weighted by molar-refractivity contribution is -0.374. The molecule has 0 amide bonds. The van der Waals surface area contributed by atoms with Gasteiger partial charge in [0.2, 0.25) is 6.29 Å². The Balaban J connectivity index is 1.38. The molecule has 14 atom stereocenters. The zero-order valence-corrected chi connectivity index (χ0v) is 25.4. The van der Waals surface area contributed by atoms with Gasteiger partial charge in [-0.1, -0.05) is 27.7 Å². The fraction of sp³-hybridized carbons (Fsp3) is 0.781. The van der Waals surface area contributed by atoms with Crippen LogP contribution < -0.4 is 0 Å². The van der Waals surface area contributed by atoms with E-state index in [-0.39, 0.29) is 31.5 Å². The Bertz CT molecular complexity index is 1360. The van der Waals surface area contributed by atoms with E-state index in [0.29, 0.717) is 6.42 Å². The Morgan fingerprint density at radius 3 is 2.37 bits per heavy atom. The quantitative estimate of drug-likeness (QED) is 0.341. The number of Topliss-reactive ketones (excluding diaryl/α,β-unsaturated/α-hetero) is 1. The van der Waals surface area contributed by atoms with Crippen LogP contribution in [-0.2, 0) is 33.3 Å². The lowest BCUT2D eigenvalue weighted by Crippen LogP contribution is -2.82. The van der Waals surface area contributed by atoms with E-state index in [4.69, 9.17) is 23.4 Å². The number of rotatable bonds is 4. The van der Waals surface area contributed by atoms with Crippen molar-refractivity contribution in [3.05, 3.63) is 24.2 Å². The highest BCUT2D eigenvalue weighted by Crippen LogP contribution is 2.82. The lowest BCUT2D eigenvalue weighted by Gasteiger charge is -2.73. The molecule has 4 saturated carbocycles. The number of epoxide rings is 1. The summed E-state index contributed by atoms with van der Waals surface area (Å²) in [6.07, 6.45) is -2.30. The van der Waals surface area contributed by atoms with Gasteiger partial charge in [0.15, 0.2) is 5.78 Å². The zero-order chi connectivity index (χ0) is 31.1. The van der Waals surface area contributed by atoms with Gasteiger partial charge < -0.3 is 38.7 Å². The molecule has 1 aromatic rings. The number of carbonyl (C=O) groups excluding carboxylic acids is 3. The predicted octanol–water partition coefficient (Wildman–Crippen LogP) is 2.10. The summed E-state index contributed by atoms with van der Waals surface area (Å²) in [5.41, 5.74) is -4.95. The molecule has 3 N–H and O–H groups in total. The molecule has 11 nitrogen and oxygen atoms in total. The highest BCUT2D eigenvalue weighted by atomic mass is 16.7. The van der Waals surface area contributed by atoms with Crippen LogP contribution in [-0.4, -0.2) is 82.1 Å². The maximum Gasteiger partial charge on any atom is 0.310 e. The molecule has 4 aliphatic carbocycles. The van der Waals surface area contributed by atoms with Crippen molar-refractivity contribution in [2.75, 3.05) is 6.61 Å². The first-order valence-electron chi connectivity index (χ1n) is 15.4. The smallest absolute Gasteiger partial charge is 0.310 e. The Morgan fingerprint density at radius 2 is 1.74 bits per heavy atom. The van der Waals surface area contributed by atoms with Crippen LogP contribution in [0.4, 0.5) is 0 Å². The molecule has 2 saturated heterocycles. The van der Waals surface area contributed by atoms with Crippen LogP contribution in [0.25, 0.3) is 0 Å². The number of ketones is 1. The van der Waals surface area contributed by atoms with Gasteiger partial charge in [0.05, 0.1) is 48.8 Å². The molecule has 236 valence electrons. The second-order valence-corrected chi connectivity index (χ2v) is 14.9. The van der Waals surface area contributed by atoms with Crippen molar-refractivity contribution < 1.29 is 53.1 Å². The third kappa shape index (κ3) is 3.15. The minimum atomic E-state index is -1.46. The highest BCUT2D eigenvalue weighted by molar-refractivity contribution is 5.91. The van der Waals surface area contributed by atoms with Crippen molar-refractivity contribution in [1.29, 1.82) is 0 Å². The standard InChI is InChI=1S/C32H42O11/c1-14(2)26(38)42-27-28(4)18-10-19(34)30(6)24(31(18,13-40-27)20(35)11-21(28)41-15(3)33)23(36)25(37)29(5)17(16-7-8-39-12-16)9-22-32(29,30)43-22/h7-8,12,14,17-22,24-25,27,34-35,37H,9-11,13H2,1-6H3/t17-,18-,19+,20-,21+,22+,24-,25-,27-,28-,29+,30+,31+,32+/m0/s1. The first kappa shape index (κ1) is 29.4. The molecule has 7 rings (SSSR count). The van der Waals surface area contributed by atoms with Gasteiger partial charge in [-0.15, -0.1) is 0 Å². The molecule has 2 aliphatic heterocycles. The highest BCUT2D eigenvalue weighted by Gasteiger charge is 2.92. The van der Waals surface area contributed by atoms with Crippen molar-refractivity contribution in [3.8, 4) is 0 Å². The van der Waals surface area contributed by atoms with E-state index in [9.17, 15) is 29.7 Å². The van der Waals surface area contributed by atoms with E-state index >= 15 is 0 Å². The number of carbonyl (C=O) groups is 3. The van der Waals surface area contributed by atoms with Gasteiger partial charge in [0.1, 0.15) is 17.8 Å². The molecule has 6 aliphatic rings. The van der Waals surface area contributed by atoms with Crippen molar-refractivity contribution in [1.82, 2.24) is 0 Å². The first-order chi connectivity index (χ1) is 20.1. The third-order valence-corrected chi connectivity index (χ3v) is 13.0. The van der Waals surface area contributed by atoms with E-state index in [1.54, 1.807) is 33.3 Å². The monoisotopic (exact) mass is 602 g/mol. The average molecular weight is 603 g/mol. The number of fused-ring (bicyclic) bond motifs is 1. The summed E-state index contributed by atoms with van der Waals surface area (Å²) in [7, 11) is 0. The van der Waals surface area contributed by atoms with E-state index in [0.717, 1.165) is 5.56 Å². The van der Waals surface area contributed by atoms with Gasteiger partial charge in [-0.05, 0) is 37.3 Å². The van der Waals surface area contributed by atoms with Gasteiger partial charge in [-0.25, -0.2) is 0 Å². The van der Waals surface area contributed by atoms with Gasteiger partial charge in [0.25, 0.3) is 0 Å². The van der Waals surface area contributed by atoms with Crippen LogP contribution >= 0.6 is 0 Å². The van der Waals surface area contributed by atoms with Gasteiger partial charge >= 0.3 is 11.9 Å². The molecule has 0 unspecified atom stereocenters. The Morgan fingerprint density at radius 1 is 1.02 bits per heavy atom. The second kappa shape index (κ2) is 8.90. The van der Waals surface area contributed by atoms with Crippen molar-refractivity contribution in [2.45, 2.75) is 109 Å². The summed E-state index contributed by atoms with van der Waals surface area (Å²) in [4.78, 5) is 39.9. The zero-order valence-electron chi connectivity index (χ0n) is 25.4. The number of hydrogen-bond acceptors (Lipinski definition) is 11. The summed E-state index contributed by atoms with van der Waals surface area (Å²) < 4.78 is 29.8. The van der Waals surface area contributed by atoms with Crippen molar-refractivity contribution in [2.24, 2.45) is 39.4 Å². The average Bonchev–Trinajstić information content (AvgIpc) is 3.30.